The average molecular weight is 275 g/mol. The first kappa shape index (κ1) is 15.8. The number of nitrogens with one attached hydrogen (secondary N) is 1. The lowest BCUT2D eigenvalue weighted by atomic mass is 10.2. The van der Waals surface area contributed by atoms with Crippen molar-refractivity contribution >= 4 is 0 Å². The molecule has 0 heterocycles. The predicted octanol–water partition coefficient (Wildman–Crippen LogP) is 3.91. The number of halogens is 3. The fourth-order valence-corrected chi connectivity index (χ4v) is 1.65. The van der Waals surface area contributed by atoms with E-state index in [4.69, 9.17) is 4.74 Å². The van der Waals surface area contributed by atoms with Crippen LogP contribution in [0.25, 0.3) is 0 Å². The summed E-state index contributed by atoms with van der Waals surface area (Å²) in [6.45, 7) is 3.74. The van der Waals surface area contributed by atoms with Gasteiger partial charge in [0, 0.05) is 18.5 Å². The maximum atomic E-state index is 12.0. The van der Waals surface area contributed by atoms with Crippen LogP contribution in [-0.4, -0.2) is 19.3 Å². The van der Waals surface area contributed by atoms with Gasteiger partial charge in [-0.3, -0.25) is 0 Å². The van der Waals surface area contributed by atoms with Gasteiger partial charge in [-0.15, -0.1) is 0 Å². The van der Waals surface area contributed by atoms with Crippen LogP contribution >= 0.6 is 0 Å². The van der Waals surface area contributed by atoms with Gasteiger partial charge >= 0.3 is 6.18 Å². The first-order valence-corrected chi connectivity index (χ1v) is 6.51. The van der Waals surface area contributed by atoms with Crippen molar-refractivity contribution < 1.29 is 17.9 Å². The van der Waals surface area contributed by atoms with Crippen molar-refractivity contribution in [1.82, 2.24) is 5.32 Å². The summed E-state index contributed by atoms with van der Waals surface area (Å²) >= 11 is 0. The maximum Gasteiger partial charge on any atom is 0.389 e. The quantitative estimate of drug-likeness (QED) is 0.726. The topological polar surface area (TPSA) is 21.3 Å². The molecule has 5 heteroatoms. The highest BCUT2D eigenvalue weighted by atomic mass is 19.4. The fourth-order valence-electron chi connectivity index (χ4n) is 1.65. The minimum absolute atomic E-state index is 0.0137. The van der Waals surface area contributed by atoms with Gasteiger partial charge in [-0.25, -0.2) is 0 Å². The molecule has 0 aliphatic carbocycles. The van der Waals surface area contributed by atoms with Crippen LogP contribution < -0.4 is 10.1 Å². The summed E-state index contributed by atoms with van der Waals surface area (Å²) in [6.07, 6.45) is -3.89. The number of rotatable bonds is 8. The predicted molar refractivity (Wildman–Crippen MR) is 69.2 cm³/mol. The minimum Gasteiger partial charge on any atom is -0.493 e. The Kier molecular flexibility index (Phi) is 6.70. The lowest BCUT2D eigenvalue weighted by Gasteiger charge is -2.12. The van der Waals surface area contributed by atoms with E-state index in [1.165, 1.54) is 0 Å². The van der Waals surface area contributed by atoms with Crippen molar-refractivity contribution in [2.24, 2.45) is 0 Å². The molecule has 0 unspecified atom stereocenters. The van der Waals surface area contributed by atoms with Gasteiger partial charge in [-0.1, -0.05) is 25.1 Å². The van der Waals surface area contributed by atoms with E-state index in [1.54, 1.807) is 6.07 Å². The van der Waals surface area contributed by atoms with Gasteiger partial charge in [0.2, 0.25) is 0 Å². The number of benzene rings is 1. The Labute approximate surface area is 112 Å². The molecule has 0 aromatic heterocycles. The van der Waals surface area contributed by atoms with Crippen molar-refractivity contribution in [3.05, 3.63) is 29.8 Å². The van der Waals surface area contributed by atoms with Crippen molar-refractivity contribution in [3.8, 4) is 5.75 Å². The molecule has 0 amide bonds. The highest BCUT2D eigenvalue weighted by Gasteiger charge is 2.26. The Morgan fingerprint density at radius 3 is 2.63 bits per heavy atom. The molecule has 0 radical (unpaired) electrons. The molecule has 1 aromatic rings. The van der Waals surface area contributed by atoms with Crippen LogP contribution in [0.2, 0.25) is 0 Å². The Morgan fingerprint density at radius 2 is 1.95 bits per heavy atom. The van der Waals surface area contributed by atoms with E-state index in [0.717, 1.165) is 18.5 Å². The number of hydrogen-bond acceptors (Lipinski definition) is 2. The van der Waals surface area contributed by atoms with Gasteiger partial charge in [0.15, 0.2) is 0 Å². The summed E-state index contributed by atoms with van der Waals surface area (Å²) in [7, 11) is 0. The summed E-state index contributed by atoms with van der Waals surface area (Å²) in [4.78, 5) is 0. The molecule has 19 heavy (non-hydrogen) atoms. The summed E-state index contributed by atoms with van der Waals surface area (Å²) in [5.74, 6) is 0.660. The summed E-state index contributed by atoms with van der Waals surface area (Å²) in [5, 5.41) is 3.25. The molecular formula is C14H20F3NO. The van der Waals surface area contributed by atoms with E-state index in [2.05, 4.69) is 12.2 Å². The normalized spacial score (nSPS) is 11.6. The molecule has 108 valence electrons. The molecule has 0 bridgehead atoms. The summed E-state index contributed by atoms with van der Waals surface area (Å²) in [5.41, 5.74) is 0.975. The van der Waals surface area contributed by atoms with Gasteiger partial charge in [0.25, 0.3) is 0 Å². The number of alkyl halides is 3. The van der Waals surface area contributed by atoms with E-state index < -0.39 is 12.6 Å². The molecule has 0 saturated carbocycles. The smallest absolute Gasteiger partial charge is 0.389 e. The van der Waals surface area contributed by atoms with Gasteiger partial charge in [-0.2, -0.15) is 13.2 Å². The number of para-hydroxylation sites is 1. The SMILES string of the molecule is CCCNCc1ccccc1OCCCC(F)(F)F. The van der Waals surface area contributed by atoms with Crippen LogP contribution in [0.4, 0.5) is 13.2 Å². The summed E-state index contributed by atoms with van der Waals surface area (Å²) in [6, 6.07) is 7.42. The third kappa shape index (κ3) is 7.06. The maximum absolute atomic E-state index is 12.0. The molecule has 0 atom stereocenters. The van der Waals surface area contributed by atoms with Crippen LogP contribution in [0.3, 0.4) is 0 Å². The highest BCUT2D eigenvalue weighted by Crippen LogP contribution is 2.22. The lowest BCUT2D eigenvalue weighted by molar-refractivity contribution is -0.136. The second-order valence-corrected chi connectivity index (χ2v) is 4.35. The van der Waals surface area contributed by atoms with Crippen molar-refractivity contribution in [2.75, 3.05) is 13.2 Å². The Morgan fingerprint density at radius 1 is 1.21 bits per heavy atom. The Bertz CT molecular complexity index is 366. The number of ether oxygens (including phenoxy) is 1. The first-order valence-electron chi connectivity index (χ1n) is 6.51. The van der Waals surface area contributed by atoms with E-state index in [9.17, 15) is 13.2 Å². The van der Waals surface area contributed by atoms with Gasteiger partial charge in [0.1, 0.15) is 5.75 Å². The monoisotopic (exact) mass is 275 g/mol. The van der Waals surface area contributed by atoms with Crippen molar-refractivity contribution in [1.29, 1.82) is 0 Å². The first-order chi connectivity index (χ1) is 9.03. The lowest BCUT2D eigenvalue weighted by Crippen LogP contribution is -2.15. The van der Waals surface area contributed by atoms with Crippen molar-refractivity contribution in [2.45, 2.75) is 38.9 Å². The fraction of sp³-hybridized carbons (Fsp3) is 0.571. The average Bonchev–Trinajstić information content (AvgIpc) is 2.35. The molecule has 0 aliphatic rings. The largest absolute Gasteiger partial charge is 0.493 e. The Hall–Kier alpha value is -1.23. The third-order valence-corrected chi connectivity index (χ3v) is 2.58. The molecule has 0 spiro atoms. The minimum atomic E-state index is -4.11. The van der Waals surface area contributed by atoms with E-state index in [0.29, 0.717) is 12.3 Å². The molecule has 0 aliphatic heterocycles. The zero-order valence-electron chi connectivity index (χ0n) is 11.1. The molecule has 1 rings (SSSR count). The standard InChI is InChI=1S/C14H20F3NO/c1-2-9-18-11-12-6-3-4-7-13(12)19-10-5-8-14(15,16)17/h3-4,6-7,18H,2,5,8-11H2,1H3. The van der Waals surface area contributed by atoms with Crippen LogP contribution in [0.15, 0.2) is 24.3 Å². The molecule has 1 aromatic carbocycles. The zero-order valence-corrected chi connectivity index (χ0v) is 11.1. The van der Waals surface area contributed by atoms with Crippen LogP contribution in [0.5, 0.6) is 5.75 Å². The molecule has 2 nitrogen and oxygen atoms in total. The highest BCUT2D eigenvalue weighted by molar-refractivity contribution is 5.33. The van der Waals surface area contributed by atoms with Gasteiger partial charge in [-0.05, 0) is 25.5 Å². The van der Waals surface area contributed by atoms with Gasteiger partial charge in [0.05, 0.1) is 6.61 Å². The van der Waals surface area contributed by atoms with E-state index in [1.807, 2.05) is 18.2 Å². The van der Waals surface area contributed by atoms with Crippen molar-refractivity contribution in [3.63, 3.8) is 0 Å². The molecular weight excluding hydrogens is 255 g/mol. The van der Waals surface area contributed by atoms with E-state index >= 15 is 0 Å². The van der Waals surface area contributed by atoms with Crippen LogP contribution in [0.1, 0.15) is 31.7 Å². The summed E-state index contributed by atoms with van der Waals surface area (Å²) < 4.78 is 41.4. The van der Waals surface area contributed by atoms with Crippen LogP contribution in [0, 0.1) is 0 Å². The Balaban J connectivity index is 2.39. The molecule has 0 saturated heterocycles. The second-order valence-electron chi connectivity index (χ2n) is 4.35. The van der Waals surface area contributed by atoms with Gasteiger partial charge < -0.3 is 10.1 Å². The molecule has 1 N–H and O–H groups in total. The van der Waals surface area contributed by atoms with Crippen LogP contribution in [-0.2, 0) is 6.54 Å². The third-order valence-electron chi connectivity index (χ3n) is 2.58. The zero-order chi connectivity index (χ0) is 14.1. The van der Waals surface area contributed by atoms with E-state index in [-0.39, 0.29) is 13.0 Å². The second kappa shape index (κ2) is 8.04. The number of hydrogen-bond donors (Lipinski definition) is 1. The molecule has 0 fully saturated rings.